The molecule has 0 bridgehead atoms. The van der Waals surface area contributed by atoms with Crippen LogP contribution in [0, 0.1) is 0 Å². The molecule has 1 saturated heterocycles. The van der Waals surface area contributed by atoms with E-state index >= 15 is 0 Å². The van der Waals surface area contributed by atoms with Gasteiger partial charge in [0.2, 0.25) is 5.91 Å². The summed E-state index contributed by atoms with van der Waals surface area (Å²) < 4.78 is 0. The van der Waals surface area contributed by atoms with Crippen LogP contribution in [0.15, 0.2) is 4.99 Å². The third kappa shape index (κ3) is 2.52. The number of hydrogen-bond acceptors (Lipinski definition) is 2. The molecule has 0 radical (unpaired) electrons. The molecule has 2 nitrogen and oxygen atoms in total. The lowest BCUT2D eigenvalue weighted by atomic mass is 10.2. The van der Waals surface area contributed by atoms with Crippen LogP contribution in [0.2, 0.25) is 0 Å². The number of carbonyl (C=O) groups excluding carboxylic acids is 1. The molecule has 56 valence electrons. The Kier molecular flexibility index (Phi) is 2.93. The van der Waals surface area contributed by atoms with Gasteiger partial charge in [-0.25, -0.2) is 4.99 Å². The molecule has 0 spiro atoms. The molecule has 1 amide bonds. The molecule has 1 heterocycles. The molecular weight excluding hydrogens is 146 g/mol. The van der Waals surface area contributed by atoms with Crippen LogP contribution in [0.25, 0.3) is 0 Å². The van der Waals surface area contributed by atoms with Gasteiger partial charge in [-0.05, 0) is 25.0 Å². The van der Waals surface area contributed by atoms with Gasteiger partial charge in [0.05, 0.1) is 5.04 Å². The second-order valence-corrected chi connectivity index (χ2v) is 3.50. The van der Waals surface area contributed by atoms with Crippen LogP contribution >= 0.6 is 11.8 Å². The Morgan fingerprint density at radius 2 is 2.40 bits per heavy atom. The number of amides is 1. The van der Waals surface area contributed by atoms with E-state index in [1.807, 2.05) is 0 Å². The van der Waals surface area contributed by atoms with Gasteiger partial charge in [-0.2, -0.15) is 0 Å². The highest BCUT2D eigenvalue weighted by Gasteiger charge is 2.07. The van der Waals surface area contributed by atoms with Crippen molar-refractivity contribution >= 4 is 22.7 Å². The molecule has 3 heteroatoms. The predicted molar refractivity (Wildman–Crippen MR) is 44.4 cm³/mol. The van der Waals surface area contributed by atoms with Gasteiger partial charge < -0.3 is 0 Å². The zero-order chi connectivity index (χ0) is 7.40. The Hall–Kier alpha value is -0.310. The summed E-state index contributed by atoms with van der Waals surface area (Å²) in [6.07, 6.45) is 3.46. The number of carbonyl (C=O) groups is 1. The van der Waals surface area contributed by atoms with Crippen LogP contribution < -0.4 is 0 Å². The lowest BCUT2D eigenvalue weighted by Crippen LogP contribution is -2.03. The summed E-state index contributed by atoms with van der Waals surface area (Å²) in [4.78, 5) is 14.4. The average molecular weight is 157 g/mol. The zero-order valence-corrected chi connectivity index (χ0v) is 6.91. The monoisotopic (exact) mass is 157 g/mol. The first-order valence-electron chi connectivity index (χ1n) is 3.50. The third-order valence-corrected chi connectivity index (χ3v) is 2.46. The standard InChI is InChI=1S/C7H11NOS/c1-6(9)8-7-4-2-3-5-10-7/h2-5H2,1H3. The number of hydrogen-bond donors (Lipinski definition) is 0. The van der Waals surface area contributed by atoms with E-state index in [2.05, 4.69) is 4.99 Å². The Labute approximate surface area is 65.1 Å². The second kappa shape index (κ2) is 3.76. The van der Waals surface area contributed by atoms with E-state index in [9.17, 15) is 4.79 Å². The molecule has 0 aromatic heterocycles. The van der Waals surface area contributed by atoms with E-state index < -0.39 is 0 Å². The molecule has 0 saturated carbocycles. The first kappa shape index (κ1) is 7.79. The van der Waals surface area contributed by atoms with Crippen LogP contribution in [0.1, 0.15) is 26.2 Å². The van der Waals surface area contributed by atoms with Crippen molar-refractivity contribution in [3.63, 3.8) is 0 Å². The lowest BCUT2D eigenvalue weighted by molar-refractivity contribution is -0.115. The number of thioether (sulfide) groups is 1. The van der Waals surface area contributed by atoms with Gasteiger partial charge in [0, 0.05) is 6.92 Å². The van der Waals surface area contributed by atoms with Crippen molar-refractivity contribution in [2.45, 2.75) is 26.2 Å². The van der Waals surface area contributed by atoms with E-state index in [1.54, 1.807) is 11.8 Å². The van der Waals surface area contributed by atoms with E-state index in [-0.39, 0.29) is 5.91 Å². The minimum Gasteiger partial charge on any atom is -0.273 e. The van der Waals surface area contributed by atoms with Crippen molar-refractivity contribution in [3.05, 3.63) is 0 Å². The maximum Gasteiger partial charge on any atom is 0.243 e. The van der Waals surface area contributed by atoms with Crippen molar-refractivity contribution in [1.82, 2.24) is 0 Å². The molecule has 1 aliphatic heterocycles. The summed E-state index contributed by atoms with van der Waals surface area (Å²) in [6.45, 7) is 1.50. The van der Waals surface area contributed by atoms with Crippen molar-refractivity contribution in [1.29, 1.82) is 0 Å². The predicted octanol–water partition coefficient (Wildman–Crippen LogP) is 1.85. The fourth-order valence-corrected chi connectivity index (χ4v) is 1.97. The molecule has 10 heavy (non-hydrogen) atoms. The first-order valence-corrected chi connectivity index (χ1v) is 4.48. The normalized spacial score (nSPS) is 23.1. The maximum absolute atomic E-state index is 10.5. The second-order valence-electron chi connectivity index (χ2n) is 2.33. The SMILES string of the molecule is CC(=O)N=C1CCCCS1. The van der Waals surface area contributed by atoms with Gasteiger partial charge in [0.15, 0.2) is 0 Å². The third-order valence-electron chi connectivity index (χ3n) is 1.34. The van der Waals surface area contributed by atoms with E-state index in [0.29, 0.717) is 0 Å². The highest BCUT2D eigenvalue weighted by molar-refractivity contribution is 8.14. The van der Waals surface area contributed by atoms with Gasteiger partial charge in [-0.15, -0.1) is 11.8 Å². The number of aliphatic imine (C=N–C) groups is 1. The summed E-state index contributed by atoms with van der Waals surface area (Å²) in [5, 5.41) is 1.03. The minimum absolute atomic E-state index is 0.0654. The summed E-state index contributed by atoms with van der Waals surface area (Å²) >= 11 is 1.72. The highest BCUT2D eigenvalue weighted by Crippen LogP contribution is 2.19. The quantitative estimate of drug-likeness (QED) is 0.537. The summed E-state index contributed by atoms with van der Waals surface area (Å²) in [7, 11) is 0. The van der Waals surface area contributed by atoms with Gasteiger partial charge >= 0.3 is 0 Å². The Bertz CT molecular complexity index is 157. The summed E-state index contributed by atoms with van der Waals surface area (Å²) in [6, 6.07) is 0. The summed E-state index contributed by atoms with van der Waals surface area (Å²) in [5.41, 5.74) is 0. The first-order chi connectivity index (χ1) is 4.79. The lowest BCUT2D eigenvalue weighted by Gasteiger charge is -2.09. The maximum atomic E-state index is 10.5. The molecular formula is C7H11NOS. The molecule has 0 aromatic carbocycles. The Morgan fingerprint density at radius 1 is 1.60 bits per heavy atom. The van der Waals surface area contributed by atoms with Gasteiger partial charge in [-0.1, -0.05) is 0 Å². The molecule has 0 aromatic rings. The number of nitrogens with zero attached hydrogens (tertiary/aromatic N) is 1. The smallest absolute Gasteiger partial charge is 0.243 e. The van der Waals surface area contributed by atoms with Crippen LogP contribution in [-0.4, -0.2) is 16.7 Å². The zero-order valence-electron chi connectivity index (χ0n) is 6.09. The number of rotatable bonds is 0. The topological polar surface area (TPSA) is 29.4 Å². The molecule has 0 aliphatic carbocycles. The Morgan fingerprint density at radius 3 is 2.90 bits per heavy atom. The molecule has 0 N–H and O–H groups in total. The van der Waals surface area contributed by atoms with Crippen LogP contribution in [0.3, 0.4) is 0 Å². The van der Waals surface area contributed by atoms with Crippen molar-refractivity contribution in [3.8, 4) is 0 Å². The molecule has 1 aliphatic rings. The molecule has 0 unspecified atom stereocenters. The van der Waals surface area contributed by atoms with Crippen molar-refractivity contribution in [2.24, 2.45) is 4.99 Å². The minimum atomic E-state index is -0.0654. The fraction of sp³-hybridized carbons (Fsp3) is 0.714. The molecule has 1 rings (SSSR count). The highest BCUT2D eigenvalue weighted by atomic mass is 32.2. The van der Waals surface area contributed by atoms with E-state index in [4.69, 9.17) is 0 Å². The van der Waals surface area contributed by atoms with Gasteiger partial charge in [0.25, 0.3) is 0 Å². The van der Waals surface area contributed by atoms with Gasteiger partial charge in [-0.3, -0.25) is 4.79 Å². The largest absolute Gasteiger partial charge is 0.273 e. The van der Waals surface area contributed by atoms with Gasteiger partial charge in [0.1, 0.15) is 0 Å². The van der Waals surface area contributed by atoms with Crippen LogP contribution in [0.5, 0.6) is 0 Å². The molecule has 1 fully saturated rings. The van der Waals surface area contributed by atoms with Crippen LogP contribution in [-0.2, 0) is 4.79 Å². The van der Waals surface area contributed by atoms with E-state index in [1.165, 1.54) is 19.8 Å². The van der Waals surface area contributed by atoms with Crippen LogP contribution in [0.4, 0.5) is 0 Å². The Balaban J connectivity index is 2.45. The average Bonchev–Trinajstić information content (AvgIpc) is 1.88. The van der Waals surface area contributed by atoms with E-state index in [0.717, 1.165) is 17.2 Å². The van der Waals surface area contributed by atoms with Crippen molar-refractivity contribution in [2.75, 3.05) is 5.75 Å². The molecule has 0 atom stereocenters. The summed E-state index contributed by atoms with van der Waals surface area (Å²) in [5.74, 6) is 1.07. The fourth-order valence-electron chi connectivity index (χ4n) is 0.904. The van der Waals surface area contributed by atoms with Crippen molar-refractivity contribution < 1.29 is 4.79 Å².